The molecule has 0 saturated heterocycles. The number of aromatic nitrogens is 2. The van der Waals surface area contributed by atoms with E-state index >= 15 is 0 Å². The van der Waals surface area contributed by atoms with Crippen LogP contribution in [0.25, 0.3) is 11.0 Å². The maximum atomic E-state index is 12.0. The first kappa shape index (κ1) is 10.2. The molecule has 84 valence electrons. The molecule has 0 aliphatic rings. The second-order valence-corrected chi connectivity index (χ2v) is 4.71. The summed E-state index contributed by atoms with van der Waals surface area (Å²) in [5.41, 5.74) is 1.92. The third-order valence-corrected chi connectivity index (χ3v) is 3.55. The van der Waals surface area contributed by atoms with Crippen molar-refractivity contribution in [1.29, 1.82) is 0 Å². The minimum atomic E-state index is 0.128. The molecule has 0 bridgehead atoms. The van der Waals surface area contributed by atoms with Crippen LogP contribution in [0, 0.1) is 0 Å². The minimum Gasteiger partial charge on any atom is -0.323 e. The lowest BCUT2D eigenvalue weighted by Crippen LogP contribution is -2.07. The fourth-order valence-corrected chi connectivity index (χ4v) is 2.46. The van der Waals surface area contributed by atoms with Gasteiger partial charge in [-0.3, -0.25) is 4.79 Å². The molecule has 0 N–H and O–H groups in total. The largest absolute Gasteiger partial charge is 0.323 e. The van der Waals surface area contributed by atoms with Gasteiger partial charge < -0.3 is 4.57 Å². The second-order valence-electron chi connectivity index (χ2n) is 3.76. The van der Waals surface area contributed by atoms with E-state index < -0.39 is 0 Å². The summed E-state index contributed by atoms with van der Waals surface area (Å²) in [6.07, 6.45) is 1.72. The van der Waals surface area contributed by atoms with Crippen molar-refractivity contribution in [3.05, 3.63) is 53.0 Å². The minimum absolute atomic E-state index is 0.128. The van der Waals surface area contributed by atoms with Gasteiger partial charge >= 0.3 is 0 Å². The first-order valence-electron chi connectivity index (χ1n) is 5.31. The van der Waals surface area contributed by atoms with Gasteiger partial charge in [-0.1, -0.05) is 18.2 Å². The normalized spacial score (nSPS) is 10.8. The van der Waals surface area contributed by atoms with Crippen molar-refractivity contribution in [3.63, 3.8) is 0 Å². The summed E-state index contributed by atoms with van der Waals surface area (Å²) in [4.78, 5) is 17.0. The van der Waals surface area contributed by atoms with E-state index in [-0.39, 0.29) is 5.78 Å². The van der Waals surface area contributed by atoms with Crippen LogP contribution in [0.15, 0.2) is 48.1 Å². The van der Waals surface area contributed by atoms with Crippen molar-refractivity contribution < 1.29 is 4.79 Å². The molecule has 3 aromatic rings. The highest BCUT2D eigenvalue weighted by atomic mass is 32.1. The molecule has 0 atom stereocenters. The van der Waals surface area contributed by atoms with Crippen LogP contribution in [0.5, 0.6) is 0 Å². The highest BCUT2D eigenvalue weighted by molar-refractivity contribution is 7.12. The lowest BCUT2D eigenvalue weighted by atomic mass is 10.3. The van der Waals surface area contributed by atoms with Crippen molar-refractivity contribution in [1.82, 2.24) is 9.55 Å². The Kier molecular flexibility index (Phi) is 2.49. The van der Waals surface area contributed by atoms with E-state index in [0.29, 0.717) is 6.54 Å². The number of Topliss-reactive ketones (excluding diaryl/α,β-unsaturated/α-hetero) is 1. The highest BCUT2D eigenvalue weighted by Crippen LogP contribution is 2.15. The van der Waals surface area contributed by atoms with E-state index in [4.69, 9.17) is 0 Å². The van der Waals surface area contributed by atoms with Gasteiger partial charge in [-0.15, -0.1) is 11.3 Å². The molecule has 0 radical (unpaired) electrons. The van der Waals surface area contributed by atoms with Crippen molar-refractivity contribution in [2.45, 2.75) is 6.54 Å². The monoisotopic (exact) mass is 242 g/mol. The fourth-order valence-electron chi connectivity index (χ4n) is 1.81. The standard InChI is InChI=1S/C13H10N2OS/c16-12(13-6-3-7-17-13)8-15-9-14-10-4-1-2-5-11(10)15/h1-7,9H,8H2. The Bertz CT molecular complexity index is 655. The van der Waals surface area contributed by atoms with Crippen molar-refractivity contribution in [2.75, 3.05) is 0 Å². The Morgan fingerprint density at radius 3 is 2.94 bits per heavy atom. The van der Waals surface area contributed by atoms with Crippen molar-refractivity contribution in [3.8, 4) is 0 Å². The van der Waals surface area contributed by atoms with E-state index in [2.05, 4.69) is 4.98 Å². The zero-order chi connectivity index (χ0) is 11.7. The average Bonchev–Trinajstić information content (AvgIpc) is 2.98. The van der Waals surface area contributed by atoms with Crippen molar-refractivity contribution >= 4 is 28.2 Å². The molecule has 0 saturated carbocycles. The fraction of sp³-hybridized carbons (Fsp3) is 0.0769. The van der Waals surface area contributed by atoms with Gasteiger partial charge in [0, 0.05) is 0 Å². The maximum absolute atomic E-state index is 12.0. The van der Waals surface area contributed by atoms with Crippen LogP contribution < -0.4 is 0 Å². The van der Waals surface area contributed by atoms with Gasteiger partial charge in [0.05, 0.1) is 28.8 Å². The van der Waals surface area contributed by atoms with E-state index in [1.165, 1.54) is 11.3 Å². The molecule has 0 unspecified atom stereocenters. The number of thiophene rings is 1. The Labute approximate surface area is 102 Å². The molecule has 3 nitrogen and oxygen atoms in total. The Morgan fingerprint density at radius 1 is 1.24 bits per heavy atom. The molecule has 0 spiro atoms. The van der Waals surface area contributed by atoms with Crippen LogP contribution in [0.4, 0.5) is 0 Å². The summed E-state index contributed by atoms with van der Waals surface area (Å²) in [6.45, 7) is 0.348. The second kappa shape index (κ2) is 4.14. The van der Waals surface area contributed by atoms with Crippen LogP contribution in [-0.2, 0) is 6.54 Å². The summed E-state index contributed by atoms with van der Waals surface area (Å²) in [7, 11) is 0. The number of para-hydroxylation sites is 2. The first-order valence-corrected chi connectivity index (χ1v) is 6.19. The molecule has 3 rings (SSSR count). The van der Waals surface area contributed by atoms with Crippen LogP contribution in [-0.4, -0.2) is 15.3 Å². The Morgan fingerprint density at radius 2 is 2.12 bits per heavy atom. The maximum Gasteiger partial charge on any atom is 0.192 e. The van der Waals surface area contributed by atoms with Gasteiger partial charge in [-0.05, 0) is 23.6 Å². The van der Waals surface area contributed by atoms with Crippen LogP contribution >= 0.6 is 11.3 Å². The van der Waals surface area contributed by atoms with Gasteiger partial charge in [0.2, 0.25) is 0 Å². The van der Waals surface area contributed by atoms with Gasteiger partial charge in [-0.25, -0.2) is 4.98 Å². The third kappa shape index (κ3) is 1.87. The number of hydrogen-bond donors (Lipinski definition) is 0. The lowest BCUT2D eigenvalue weighted by molar-refractivity contribution is 0.0977. The first-order chi connectivity index (χ1) is 8.34. The van der Waals surface area contributed by atoms with E-state index in [0.717, 1.165) is 15.9 Å². The molecule has 0 amide bonds. The number of benzene rings is 1. The van der Waals surface area contributed by atoms with E-state index in [1.54, 1.807) is 6.33 Å². The van der Waals surface area contributed by atoms with Crippen LogP contribution in [0.3, 0.4) is 0 Å². The Hall–Kier alpha value is -1.94. The predicted molar refractivity (Wildman–Crippen MR) is 68.4 cm³/mol. The third-order valence-electron chi connectivity index (χ3n) is 2.64. The smallest absolute Gasteiger partial charge is 0.192 e. The van der Waals surface area contributed by atoms with E-state index in [9.17, 15) is 4.79 Å². The lowest BCUT2D eigenvalue weighted by Gasteiger charge is -2.01. The number of carbonyl (C=O) groups is 1. The molecular weight excluding hydrogens is 232 g/mol. The summed E-state index contributed by atoms with van der Waals surface area (Å²) in [6, 6.07) is 11.6. The van der Waals surface area contributed by atoms with Gasteiger partial charge in [0.25, 0.3) is 0 Å². The Balaban J connectivity index is 1.93. The number of fused-ring (bicyclic) bond motifs is 1. The summed E-state index contributed by atoms with van der Waals surface area (Å²) < 4.78 is 1.89. The topological polar surface area (TPSA) is 34.9 Å². The van der Waals surface area contributed by atoms with Crippen molar-refractivity contribution in [2.24, 2.45) is 0 Å². The number of rotatable bonds is 3. The highest BCUT2D eigenvalue weighted by Gasteiger charge is 2.09. The zero-order valence-electron chi connectivity index (χ0n) is 9.04. The molecule has 2 aromatic heterocycles. The molecule has 2 heterocycles. The summed E-state index contributed by atoms with van der Waals surface area (Å²) in [5.74, 6) is 0.128. The number of hydrogen-bond acceptors (Lipinski definition) is 3. The van der Waals surface area contributed by atoms with E-state index in [1.807, 2.05) is 46.3 Å². The molecule has 0 fully saturated rings. The summed E-state index contributed by atoms with van der Waals surface area (Å²) in [5, 5.41) is 1.92. The summed E-state index contributed by atoms with van der Waals surface area (Å²) >= 11 is 1.47. The molecule has 17 heavy (non-hydrogen) atoms. The van der Waals surface area contributed by atoms with Crippen LogP contribution in [0.1, 0.15) is 9.67 Å². The SMILES string of the molecule is O=C(Cn1cnc2ccccc21)c1cccs1. The molecule has 0 aliphatic heterocycles. The number of ketones is 1. The quantitative estimate of drug-likeness (QED) is 0.662. The molecular formula is C13H10N2OS. The predicted octanol–water partition coefficient (Wildman–Crippen LogP) is 2.98. The molecule has 0 aliphatic carbocycles. The van der Waals surface area contributed by atoms with Crippen LogP contribution in [0.2, 0.25) is 0 Å². The average molecular weight is 242 g/mol. The van der Waals surface area contributed by atoms with Gasteiger partial charge in [0.15, 0.2) is 5.78 Å². The zero-order valence-corrected chi connectivity index (χ0v) is 9.85. The number of nitrogens with zero attached hydrogens (tertiary/aromatic N) is 2. The number of imidazole rings is 1. The number of carbonyl (C=O) groups excluding carboxylic acids is 1. The molecule has 4 heteroatoms. The van der Waals surface area contributed by atoms with Gasteiger partial charge in [0.1, 0.15) is 0 Å². The van der Waals surface area contributed by atoms with Gasteiger partial charge in [-0.2, -0.15) is 0 Å². The molecule has 1 aromatic carbocycles.